The molecular weight excluding hydrogens is 419 g/mol. The third kappa shape index (κ3) is 6.87. The van der Waals surface area contributed by atoms with E-state index >= 15 is 0 Å². The molecule has 29 heavy (non-hydrogen) atoms. The first-order chi connectivity index (χ1) is 13.9. The van der Waals surface area contributed by atoms with E-state index in [9.17, 15) is 9.90 Å². The van der Waals surface area contributed by atoms with Crippen molar-refractivity contribution in [3.8, 4) is 5.75 Å². The third-order valence-corrected chi connectivity index (χ3v) is 5.07. The highest BCUT2D eigenvalue weighted by atomic mass is 35.5. The molecule has 1 aromatic carbocycles. The summed E-state index contributed by atoms with van der Waals surface area (Å²) in [6.45, 7) is 5.65. The summed E-state index contributed by atoms with van der Waals surface area (Å²) < 4.78 is 10.5. The fraction of sp³-hybridized carbons (Fsp3) is 0.474. The van der Waals surface area contributed by atoms with Crippen molar-refractivity contribution in [3.63, 3.8) is 0 Å². The molecule has 1 aliphatic rings. The van der Waals surface area contributed by atoms with Gasteiger partial charge in [-0.2, -0.15) is 0 Å². The topological polar surface area (TPSA) is 91.1 Å². The van der Waals surface area contributed by atoms with Gasteiger partial charge < -0.3 is 19.7 Å². The molecule has 1 fully saturated rings. The first-order valence-electron chi connectivity index (χ1n) is 9.33. The zero-order chi connectivity index (χ0) is 20.8. The average molecular weight is 443 g/mol. The van der Waals surface area contributed by atoms with Gasteiger partial charge in [-0.05, 0) is 19.1 Å². The van der Waals surface area contributed by atoms with Crippen molar-refractivity contribution in [2.75, 3.05) is 51.2 Å². The molecule has 1 unspecified atom stereocenters. The fourth-order valence-electron chi connectivity index (χ4n) is 3.07. The Hall–Kier alpha value is -1.84. The van der Waals surface area contributed by atoms with Crippen LogP contribution in [-0.2, 0) is 4.79 Å². The van der Waals surface area contributed by atoms with Crippen molar-refractivity contribution in [1.82, 2.24) is 15.0 Å². The Morgan fingerprint density at radius 1 is 1.28 bits per heavy atom. The first kappa shape index (κ1) is 21.9. The lowest BCUT2D eigenvalue weighted by Gasteiger charge is -2.35. The molecule has 1 atom stereocenters. The molecule has 0 aliphatic carbocycles. The van der Waals surface area contributed by atoms with E-state index in [1.165, 1.54) is 0 Å². The number of β-amino-alcohol motifs (C(OH)–C–C–N with tert-alkyl or cyclic N) is 1. The third-order valence-electron chi connectivity index (χ3n) is 4.52. The van der Waals surface area contributed by atoms with Gasteiger partial charge >= 0.3 is 0 Å². The number of ether oxygens (including phenoxy) is 1. The van der Waals surface area contributed by atoms with Crippen molar-refractivity contribution in [2.45, 2.75) is 13.0 Å². The number of carbonyl (C=O) groups excluding carboxylic acids is 1. The Kier molecular flexibility index (Phi) is 7.74. The summed E-state index contributed by atoms with van der Waals surface area (Å²) >= 11 is 12.0. The SMILES string of the molecule is Cc1cc(NC(=O)CN2CCN(CC(O)COc3cc(Cl)ccc3Cl)CC2)no1. The number of anilines is 1. The molecule has 3 rings (SSSR count). The standard InChI is InChI=1S/C19H24Cl2N4O4/c1-13-8-18(23-29-13)22-19(27)11-25-6-4-24(5-7-25)10-15(26)12-28-17-9-14(20)2-3-16(17)21/h2-3,8-9,15,26H,4-7,10-12H2,1H3,(H,22,23,27). The zero-order valence-corrected chi connectivity index (χ0v) is 17.6. The highest BCUT2D eigenvalue weighted by Gasteiger charge is 2.21. The van der Waals surface area contributed by atoms with Gasteiger partial charge in [-0.25, -0.2) is 0 Å². The Morgan fingerprint density at radius 3 is 2.69 bits per heavy atom. The molecule has 0 radical (unpaired) electrons. The van der Waals surface area contributed by atoms with Gasteiger partial charge in [-0.3, -0.25) is 14.6 Å². The zero-order valence-electron chi connectivity index (χ0n) is 16.1. The maximum absolute atomic E-state index is 12.1. The smallest absolute Gasteiger partial charge is 0.239 e. The highest BCUT2D eigenvalue weighted by Crippen LogP contribution is 2.27. The number of aliphatic hydroxyl groups excluding tert-OH is 1. The summed E-state index contributed by atoms with van der Waals surface area (Å²) in [7, 11) is 0. The van der Waals surface area contributed by atoms with Crippen LogP contribution in [0.25, 0.3) is 0 Å². The molecule has 1 saturated heterocycles. The van der Waals surface area contributed by atoms with Crippen LogP contribution in [-0.4, -0.2) is 77.9 Å². The van der Waals surface area contributed by atoms with Gasteiger partial charge in [-0.15, -0.1) is 0 Å². The lowest BCUT2D eigenvalue weighted by atomic mass is 10.2. The highest BCUT2D eigenvalue weighted by molar-refractivity contribution is 6.34. The number of aromatic nitrogens is 1. The maximum atomic E-state index is 12.1. The Balaban J connectivity index is 1.35. The lowest BCUT2D eigenvalue weighted by molar-refractivity contribution is -0.117. The van der Waals surface area contributed by atoms with Crippen molar-refractivity contribution in [2.24, 2.45) is 0 Å². The van der Waals surface area contributed by atoms with Crippen LogP contribution < -0.4 is 10.1 Å². The van der Waals surface area contributed by atoms with Crippen LogP contribution in [0.4, 0.5) is 5.82 Å². The minimum Gasteiger partial charge on any atom is -0.489 e. The van der Waals surface area contributed by atoms with E-state index in [0.29, 0.717) is 40.5 Å². The van der Waals surface area contributed by atoms with Crippen LogP contribution in [0.5, 0.6) is 5.75 Å². The molecule has 158 valence electrons. The summed E-state index contributed by atoms with van der Waals surface area (Å²) in [6.07, 6.45) is -0.657. The fourth-order valence-corrected chi connectivity index (χ4v) is 3.40. The van der Waals surface area contributed by atoms with Crippen LogP contribution >= 0.6 is 23.2 Å². The molecule has 0 spiro atoms. The number of hydrogen-bond acceptors (Lipinski definition) is 7. The van der Waals surface area contributed by atoms with Gasteiger partial charge in [0, 0.05) is 49.9 Å². The molecule has 2 N–H and O–H groups in total. The molecule has 1 aromatic heterocycles. The van der Waals surface area contributed by atoms with Crippen molar-refractivity contribution >= 4 is 34.9 Å². The van der Waals surface area contributed by atoms with Gasteiger partial charge in [0.2, 0.25) is 5.91 Å². The Morgan fingerprint density at radius 2 is 2.00 bits per heavy atom. The molecule has 10 heteroatoms. The molecule has 1 aliphatic heterocycles. The number of halogens is 2. The van der Waals surface area contributed by atoms with Crippen LogP contribution in [0.3, 0.4) is 0 Å². The molecule has 0 saturated carbocycles. The number of benzene rings is 1. The monoisotopic (exact) mass is 442 g/mol. The second kappa shape index (κ2) is 10.3. The van der Waals surface area contributed by atoms with Gasteiger partial charge in [0.25, 0.3) is 0 Å². The first-order valence-corrected chi connectivity index (χ1v) is 10.1. The number of nitrogens with one attached hydrogen (secondary N) is 1. The molecule has 8 nitrogen and oxygen atoms in total. The quantitative estimate of drug-likeness (QED) is 0.647. The summed E-state index contributed by atoms with van der Waals surface area (Å²) in [6, 6.07) is 6.64. The molecular formula is C19H24Cl2N4O4. The van der Waals surface area contributed by atoms with E-state index in [4.69, 9.17) is 32.5 Å². The Labute approximate surface area is 179 Å². The number of piperazine rings is 1. The van der Waals surface area contributed by atoms with Crippen molar-refractivity contribution < 1.29 is 19.2 Å². The van der Waals surface area contributed by atoms with Crippen molar-refractivity contribution in [1.29, 1.82) is 0 Å². The predicted molar refractivity (Wildman–Crippen MR) is 111 cm³/mol. The van der Waals surface area contributed by atoms with E-state index in [0.717, 1.165) is 26.2 Å². The summed E-state index contributed by atoms with van der Waals surface area (Å²) in [5.74, 6) is 1.40. The number of rotatable bonds is 8. The van der Waals surface area contributed by atoms with Crippen LogP contribution in [0.1, 0.15) is 5.76 Å². The van der Waals surface area contributed by atoms with E-state index in [1.807, 2.05) is 0 Å². The number of aliphatic hydroxyl groups is 1. The number of aryl methyl sites for hydroxylation is 1. The number of hydrogen-bond donors (Lipinski definition) is 2. The summed E-state index contributed by atoms with van der Waals surface area (Å²) in [5, 5.41) is 17.7. The molecule has 2 aromatic rings. The largest absolute Gasteiger partial charge is 0.489 e. The summed E-state index contributed by atoms with van der Waals surface area (Å²) in [4.78, 5) is 16.3. The second-order valence-corrected chi connectivity index (χ2v) is 7.83. The number of nitrogens with zero attached hydrogens (tertiary/aromatic N) is 3. The van der Waals surface area contributed by atoms with Crippen LogP contribution in [0.2, 0.25) is 10.0 Å². The van der Waals surface area contributed by atoms with Crippen LogP contribution in [0, 0.1) is 6.92 Å². The summed E-state index contributed by atoms with van der Waals surface area (Å²) in [5.41, 5.74) is 0. The minimum absolute atomic E-state index is 0.125. The second-order valence-electron chi connectivity index (χ2n) is 6.99. The van der Waals surface area contributed by atoms with Gasteiger partial charge in [0.05, 0.1) is 11.6 Å². The predicted octanol–water partition coefficient (Wildman–Crippen LogP) is 2.29. The van der Waals surface area contributed by atoms with Crippen molar-refractivity contribution in [3.05, 3.63) is 40.1 Å². The van der Waals surface area contributed by atoms with Gasteiger partial charge in [0.15, 0.2) is 5.82 Å². The number of amides is 1. The normalized spacial score (nSPS) is 16.6. The molecule has 2 heterocycles. The molecule has 1 amide bonds. The van der Waals surface area contributed by atoms with Crippen LogP contribution in [0.15, 0.2) is 28.8 Å². The van der Waals surface area contributed by atoms with E-state index < -0.39 is 6.10 Å². The van der Waals surface area contributed by atoms with Gasteiger partial charge in [-0.1, -0.05) is 28.4 Å². The number of carbonyl (C=O) groups is 1. The average Bonchev–Trinajstić information content (AvgIpc) is 3.08. The Bertz CT molecular complexity index is 824. The molecule has 0 bridgehead atoms. The van der Waals surface area contributed by atoms with E-state index in [-0.39, 0.29) is 12.5 Å². The van der Waals surface area contributed by atoms with Gasteiger partial charge in [0.1, 0.15) is 24.2 Å². The van der Waals surface area contributed by atoms with E-state index in [1.54, 1.807) is 31.2 Å². The maximum Gasteiger partial charge on any atom is 0.239 e. The lowest BCUT2D eigenvalue weighted by Crippen LogP contribution is -2.50. The minimum atomic E-state index is -0.657. The van der Waals surface area contributed by atoms with E-state index in [2.05, 4.69) is 20.3 Å².